The van der Waals surface area contributed by atoms with Crippen LogP contribution in [0.1, 0.15) is 13.8 Å². The molecule has 0 aromatic heterocycles. The molecule has 0 saturated carbocycles. The van der Waals surface area contributed by atoms with Gasteiger partial charge >= 0.3 is 0 Å². The van der Waals surface area contributed by atoms with E-state index < -0.39 is 29.7 Å². The van der Waals surface area contributed by atoms with Gasteiger partial charge in [0, 0.05) is 0 Å². The van der Waals surface area contributed by atoms with Crippen molar-refractivity contribution in [2.24, 2.45) is 0 Å². The third-order valence-electron chi connectivity index (χ3n) is 2.72. The Bertz CT molecular complexity index is 446. The molecule has 0 heterocycles. The summed E-state index contributed by atoms with van der Waals surface area (Å²) < 4.78 is 0. The maximum atomic E-state index is 11.7. The highest BCUT2D eigenvalue weighted by molar-refractivity contribution is 5.99. The van der Waals surface area contributed by atoms with Gasteiger partial charge in [-0.25, -0.2) is 0 Å². The summed E-state index contributed by atoms with van der Waals surface area (Å²) in [4.78, 5) is 35.8. The van der Waals surface area contributed by atoms with Crippen LogP contribution < -0.4 is 0 Å². The third kappa shape index (κ3) is 5.85. The number of hydrogen-bond donors (Lipinski definition) is 2. The van der Waals surface area contributed by atoms with Crippen molar-refractivity contribution in [1.82, 2.24) is 4.90 Å². The molecule has 6 nitrogen and oxygen atoms in total. The fourth-order valence-corrected chi connectivity index (χ4v) is 1.54. The van der Waals surface area contributed by atoms with Gasteiger partial charge in [-0.2, -0.15) is 0 Å². The summed E-state index contributed by atoms with van der Waals surface area (Å²) in [5.41, 5.74) is 0.291. The molecule has 21 heavy (non-hydrogen) atoms. The summed E-state index contributed by atoms with van der Waals surface area (Å²) in [6.07, 6.45) is -1.98. The second-order valence-electron chi connectivity index (χ2n) is 4.77. The SMILES string of the molecule is C=CC(=O)N(CC(O)C(=O)C(=C)C)CC(O)C(=O)C(=C)C. The lowest BCUT2D eigenvalue weighted by atomic mass is 10.1. The third-order valence-corrected chi connectivity index (χ3v) is 2.72. The zero-order chi connectivity index (χ0) is 16.7. The molecular formula is C15H21NO5. The molecule has 0 fully saturated rings. The fraction of sp³-hybridized carbons (Fsp3) is 0.400. The van der Waals surface area contributed by atoms with Gasteiger partial charge in [-0.3, -0.25) is 14.4 Å². The van der Waals surface area contributed by atoms with Crippen LogP contribution in [0.15, 0.2) is 37.0 Å². The molecule has 0 aliphatic heterocycles. The average Bonchev–Trinajstić information content (AvgIpc) is 2.43. The van der Waals surface area contributed by atoms with Crippen molar-refractivity contribution in [3.63, 3.8) is 0 Å². The Balaban J connectivity index is 4.98. The molecule has 2 N–H and O–H groups in total. The number of nitrogens with zero attached hydrogens (tertiary/aromatic N) is 1. The molecule has 1 amide bonds. The number of Topliss-reactive ketones (excluding diaryl/α,β-unsaturated/α-hetero) is 2. The molecule has 0 aromatic carbocycles. The normalized spacial score (nSPS) is 13.0. The quantitative estimate of drug-likeness (QED) is 0.584. The van der Waals surface area contributed by atoms with E-state index in [-0.39, 0.29) is 24.2 Å². The number of carbonyl (C=O) groups is 3. The molecular weight excluding hydrogens is 274 g/mol. The van der Waals surface area contributed by atoms with Crippen LogP contribution in [0.4, 0.5) is 0 Å². The minimum absolute atomic E-state index is 0.145. The van der Waals surface area contributed by atoms with Crippen molar-refractivity contribution < 1.29 is 24.6 Å². The number of aliphatic hydroxyl groups excluding tert-OH is 2. The first-order valence-corrected chi connectivity index (χ1v) is 6.28. The number of rotatable bonds is 9. The second kappa shape index (κ2) is 8.28. The predicted octanol–water partition coefficient (Wildman–Crippen LogP) is 0.0132. The maximum absolute atomic E-state index is 11.7. The van der Waals surface area contributed by atoms with Crippen molar-refractivity contribution in [3.05, 3.63) is 37.0 Å². The van der Waals surface area contributed by atoms with E-state index in [0.29, 0.717) is 0 Å². The smallest absolute Gasteiger partial charge is 0.246 e. The Labute approximate surface area is 124 Å². The summed E-state index contributed by atoms with van der Waals surface area (Å²) in [6, 6.07) is 0. The first-order chi connectivity index (χ1) is 9.61. The predicted molar refractivity (Wildman–Crippen MR) is 78.4 cm³/mol. The lowest BCUT2D eigenvalue weighted by molar-refractivity contribution is -0.134. The Morgan fingerprint density at radius 3 is 1.57 bits per heavy atom. The van der Waals surface area contributed by atoms with Gasteiger partial charge in [0.15, 0.2) is 11.6 Å². The lowest BCUT2D eigenvalue weighted by Crippen LogP contribution is -2.45. The topological polar surface area (TPSA) is 94.9 Å². The Morgan fingerprint density at radius 2 is 1.33 bits per heavy atom. The summed E-state index contributed by atoms with van der Waals surface area (Å²) in [5, 5.41) is 19.5. The van der Waals surface area contributed by atoms with Crippen molar-refractivity contribution >= 4 is 17.5 Å². The highest BCUT2D eigenvalue weighted by Gasteiger charge is 2.26. The molecule has 0 radical (unpaired) electrons. The minimum atomic E-state index is -1.47. The molecule has 0 aliphatic rings. The van der Waals surface area contributed by atoms with Gasteiger partial charge in [0.2, 0.25) is 5.91 Å². The van der Waals surface area contributed by atoms with Gasteiger partial charge < -0.3 is 15.1 Å². The number of carbonyl (C=O) groups excluding carboxylic acids is 3. The van der Waals surface area contributed by atoms with E-state index in [2.05, 4.69) is 19.7 Å². The summed E-state index contributed by atoms with van der Waals surface area (Å²) >= 11 is 0. The van der Waals surface area contributed by atoms with Crippen LogP contribution in [0.5, 0.6) is 0 Å². The molecule has 0 aromatic rings. The minimum Gasteiger partial charge on any atom is -0.383 e. The first kappa shape index (κ1) is 18.9. The van der Waals surface area contributed by atoms with Crippen LogP contribution in [0, 0.1) is 0 Å². The maximum Gasteiger partial charge on any atom is 0.246 e. The molecule has 2 unspecified atom stereocenters. The van der Waals surface area contributed by atoms with Gasteiger partial charge in [-0.05, 0) is 31.1 Å². The van der Waals surface area contributed by atoms with Crippen molar-refractivity contribution in [2.45, 2.75) is 26.1 Å². The van der Waals surface area contributed by atoms with E-state index in [0.717, 1.165) is 11.0 Å². The number of ketones is 2. The zero-order valence-corrected chi connectivity index (χ0v) is 12.3. The second-order valence-corrected chi connectivity index (χ2v) is 4.77. The zero-order valence-electron chi connectivity index (χ0n) is 12.3. The molecule has 0 rings (SSSR count). The fourth-order valence-electron chi connectivity index (χ4n) is 1.54. The monoisotopic (exact) mass is 295 g/mol. The van der Waals surface area contributed by atoms with E-state index in [4.69, 9.17) is 0 Å². The molecule has 2 atom stereocenters. The van der Waals surface area contributed by atoms with Gasteiger partial charge in [-0.15, -0.1) is 0 Å². The van der Waals surface area contributed by atoms with E-state index in [9.17, 15) is 24.6 Å². The molecule has 0 bridgehead atoms. The van der Waals surface area contributed by atoms with Crippen molar-refractivity contribution in [1.29, 1.82) is 0 Å². The summed E-state index contributed by atoms with van der Waals surface area (Å²) in [6.45, 7) is 12.3. The Morgan fingerprint density at radius 1 is 1.00 bits per heavy atom. The summed E-state index contributed by atoms with van der Waals surface area (Å²) in [7, 11) is 0. The van der Waals surface area contributed by atoms with E-state index in [1.165, 1.54) is 13.8 Å². The number of hydrogen-bond acceptors (Lipinski definition) is 5. The highest BCUT2D eigenvalue weighted by Crippen LogP contribution is 2.05. The Hall–Kier alpha value is -2.05. The van der Waals surface area contributed by atoms with Crippen LogP contribution in [0.3, 0.4) is 0 Å². The molecule has 6 heteroatoms. The highest BCUT2D eigenvalue weighted by atomic mass is 16.3. The van der Waals surface area contributed by atoms with Gasteiger partial charge in [-0.1, -0.05) is 19.7 Å². The van der Waals surface area contributed by atoms with E-state index in [1.54, 1.807) is 0 Å². The standard InChI is InChI=1S/C15H21NO5/c1-6-13(19)16(7-11(17)14(20)9(2)3)8-12(18)15(21)10(4)5/h6,11-12,17-18H,1-2,4,7-8H2,3,5H3. The van der Waals surface area contributed by atoms with Crippen LogP contribution in [-0.2, 0) is 14.4 Å². The van der Waals surface area contributed by atoms with Crippen LogP contribution in [0.25, 0.3) is 0 Å². The van der Waals surface area contributed by atoms with E-state index >= 15 is 0 Å². The number of aliphatic hydroxyl groups is 2. The molecule has 116 valence electrons. The van der Waals surface area contributed by atoms with Crippen LogP contribution in [-0.4, -0.2) is 57.9 Å². The number of amides is 1. The largest absolute Gasteiger partial charge is 0.383 e. The van der Waals surface area contributed by atoms with Crippen molar-refractivity contribution in [2.75, 3.05) is 13.1 Å². The van der Waals surface area contributed by atoms with Crippen molar-refractivity contribution in [3.8, 4) is 0 Å². The van der Waals surface area contributed by atoms with Gasteiger partial charge in [0.1, 0.15) is 12.2 Å². The average molecular weight is 295 g/mol. The van der Waals surface area contributed by atoms with Gasteiger partial charge in [0.05, 0.1) is 13.1 Å². The molecule has 0 spiro atoms. The Kier molecular flexibility index (Phi) is 7.48. The lowest BCUT2D eigenvalue weighted by Gasteiger charge is -2.25. The molecule has 0 saturated heterocycles. The van der Waals surface area contributed by atoms with Crippen LogP contribution in [0.2, 0.25) is 0 Å². The van der Waals surface area contributed by atoms with Crippen LogP contribution >= 0.6 is 0 Å². The van der Waals surface area contributed by atoms with Gasteiger partial charge in [0.25, 0.3) is 0 Å². The summed E-state index contributed by atoms with van der Waals surface area (Å²) in [5.74, 6) is -1.84. The van der Waals surface area contributed by atoms with E-state index in [1.807, 2.05) is 0 Å². The molecule has 0 aliphatic carbocycles. The first-order valence-electron chi connectivity index (χ1n) is 6.28.